The molecule has 1 N–H and O–H groups in total. The van der Waals surface area contributed by atoms with Crippen LogP contribution in [0.3, 0.4) is 0 Å². The van der Waals surface area contributed by atoms with E-state index in [2.05, 4.69) is 0 Å². The molecule has 0 rings (SSSR count). The fourth-order valence-corrected chi connectivity index (χ4v) is 0. The summed E-state index contributed by atoms with van der Waals surface area (Å²) < 4.78 is 0. The second-order valence-corrected chi connectivity index (χ2v) is 1.49. The predicted molar refractivity (Wildman–Crippen MR) is 22.5 cm³/mol. The third kappa shape index (κ3) is 6.66. The van der Waals surface area contributed by atoms with E-state index in [1.807, 2.05) is 0 Å². The van der Waals surface area contributed by atoms with Crippen LogP contribution in [0.4, 0.5) is 0 Å². The third-order valence-electron chi connectivity index (χ3n) is 0.494. The van der Waals surface area contributed by atoms with Crippen molar-refractivity contribution in [1.29, 1.82) is 0 Å². The molecule has 0 aliphatic heterocycles. The Morgan fingerprint density at radius 2 is 1.71 bits per heavy atom. The molecule has 0 spiro atoms. The molecule has 0 aromatic rings. The molecule has 0 heterocycles. The average molecular weight is 227 g/mol. The maximum absolute atomic E-state index is 9.70. The molecule has 0 bridgehead atoms. The number of hydrogen-bond donors (Lipinski definition) is 1. The first-order chi connectivity index (χ1) is 2.64. The van der Waals surface area contributed by atoms with E-state index in [4.69, 9.17) is 5.11 Å². The van der Waals surface area contributed by atoms with Gasteiger partial charge in [-0.3, -0.25) is 4.79 Å². The second-order valence-electron chi connectivity index (χ2n) is 1.49. The predicted octanol–water partition coefficient (Wildman–Crippen LogP) is 0.727. The first-order valence-electron chi connectivity index (χ1n) is 1.87. The molecule has 0 amide bonds. The Labute approximate surface area is 70.9 Å². The first kappa shape index (κ1) is 10.6. The molecule has 0 aromatic heterocycles. The van der Waals surface area contributed by atoms with E-state index in [9.17, 15) is 4.79 Å². The van der Waals surface area contributed by atoms with Crippen molar-refractivity contribution >= 4 is 5.97 Å². The van der Waals surface area contributed by atoms with Crippen LogP contribution in [0.5, 0.6) is 0 Å². The number of carbonyl (C=O) groups is 1. The summed E-state index contributed by atoms with van der Waals surface area (Å²) in [6.45, 7) is 3.28. The van der Waals surface area contributed by atoms with Gasteiger partial charge in [0.1, 0.15) is 0 Å². The van der Waals surface area contributed by atoms with Gasteiger partial charge in [-0.15, -0.1) is 0 Å². The molecule has 0 unspecified atom stereocenters. The molecule has 1 radical (unpaired) electrons. The standard InChI is InChI=1S/C4H8O2.La/c1-3(2)4(5)6;/h3H,1-2H3,(H,5,6);. The molecular weight excluding hydrogens is 219 g/mol. The van der Waals surface area contributed by atoms with Gasteiger partial charge in [0, 0.05) is 35.6 Å². The van der Waals surface area contributed by atoms with E-state index in [0.29, 0.717) is 0 Å². The molecule has 7 heavy (non-hydrogen) atoms. The van der Waals surface area contributed by atoms with Crippen molar-refractivity contribution in [2.75, 3.05) is 0 Å². The van der Waals surface area contributed by atoms with Crippen molar-refractivity contribution in [1.82, 2.24) is 0 Å². The van der Waals surface area contributed by atoms with Gasteiger partial charge in [-0.25, -0.2) is 0 Å². The SMILES string of the molecule is CC(C)C(=O)O.[La]. The largest absolute Gasteiger partial charge is 0.481 e. The molecule has 2 nitrogen and oxygen atoms in total. The van der Waals surface area contributed by atoms with Crippen molar-refractivity contribution in [3.05, 3.63) is 0 Å². The van der Waals surface area contributed by atoms with Gasteiger partial charge in [0.15, 0.2) is 0 Å². The zero-order valence-electron chi connectivity index (χ0n) is 4.51. The Morgan fingerprint density at radius 1 is 1.57 bits per heavy atom. The van der Waals surface area contributed by atoms with Crippen LogP contribution < -0.4 is 0 Å². The van der Waals surface area contributed by atoms with Crippen LogP contribution in [-0.2, 0) is 4.79 Å². The molecule has 39 valence electrons. The minimum absolute atomic E-state index is 0. The minimum atomic E-state index is -0.741. The smallest absolute Gasteiger partial charge is 0.305 e. The van der Waals surface area contributed by atoms with Crippen LogP contribution in [0.15, 0.2) is 0 Å². The zero-order chi connectivity index (χ0) is 5.15. The number of carboxylic acids is 1. The summed E-state index contributed by atoms with van der Waals surface area (Å²) in [6.07, 6.45) is 0. The van der Waals surface area contributed by atoms with Crippen LogP contribution in [0.25, 0.3) is 0 Å². The molecule has 0 aliphatic rings. The Morgan fingerprint density at radius 3 is 1.71 bits per heavy atom. The van der Waals surface area contributed by atoms with Crippen molar-refractivity contribution < 1.29 is 45.5 Å². The molecular formula is C4H8LaO2. The molecule has 0 saturated heterocycles. The molecule has 3 heteroatoms. The number of rotatable bonds is 1. The van der Waals surface area contributed by atoms with E-state index in [1.54, 1.807) is 13.8 Å². The van der Waals surface area contributed by atoms with Gasteiger partial charge in [-0.05, 0) is 0 Å². The summed E-state index contributed by atoms with van der Waals surface area (Å²) in [5.74, 6) is -0.972. The minimum Gasteiger partial charge on any atom is -0.481 e. The molecule has 0 fully saturated rings. The van der Waals surface area contributed by atoms with E-state index < -0.39 is 5.97 Å². The van der Waals surface area contributed by atoms with Gasteiger partial charge in [0.25, 0.3) is 0 Å². The Hall–Kier alpha value is 0.665. The van der Waals surface area contributed by atoms with Crippen LogP contribution in [-0.4, -0.2) is 11.1 Å². The van der Waals surface area contributed by atoms with E-state index in [0.717, 1.165) is 0 Å². The summed E-state index contributed by atoms with van der Waals surface area (Å²) in [5, 5.41) is 7.99. The molecule has 0 saturated carbocycles. The van der Waals surface area contributed by atoms with E-state index >= 15 is 0 Å². The number of aliphatic carboxylic acids is 1. The number of carboxylic acid groups (broad SMARTS) is 1. The third-order valence-corrected chi connectivity index (χ3v) is 0.494. The average Bonchev–Trinajstić information content (AvgIpc) is 1.36. The monoisotopic (exact) mass is 227 g/mol. The Kier molecular flexibility index (Phi) is 7.30. The molecule has 0 atom stereocenters. The topological polar surface area (TPSA) is 37.3 Å². The van der Waals surface area contributed by atoms with Crippen LogP contribution >= 0.6 is 0 Å². The van der Waals surface area contributed by atoms with Crippen molar-refractivity contribution in [2.24, 2.45) is 5.92 Å². The summed E-state index contributed by atoms with van der Waals surface area (Å²) in [6, 6.07) is 0. The van der Waals surface area contributed by atoms with E-state index in [1.165, 1.54) is 0 Å². The van der Waals surface area contributed by atoms with E-state index in [-0.39, 0.29) is 41.5 Å². The summed E-state index contributed by atoms with van der Waals surface area (Å²) in [7, 11) is 0. The fourth-order valence-electron chi connectivity index (χ4n) is 0. The first-order valence-corrected chi connectivity index (χ1v) is 1.87. The van der Waals surface area contributed by atoms with Gasteiger partial charge >= 0.3 is 5.97 Å². The normalized spacial score (nSPS) is 7.86. The summed E-state index contributed by atoms with van der Waals surface area (Å²) in [4.78, 5) is 9.70. The summed E-state index contributed by atoms with van der Waals surface area (Å²) >= 11 is 0. The zero-order valence-corrected chi connectivity index (χ0v) is 8.14. The van der Waals surface area contributed by atoms with Crippen molar-refractivity contribution in [3.63, 3.8) is 0 Å². The number of hydrogen-bond acceptors (Lipinski definition) is 1. The fraction of sp³-hybridized carbons (Fsp3) is 0.750. The quantitative estimate of drug-likeness (QED) is 0.716. The molecule has 0 aromatic carbocycles. The van der Waals surface area contributed by atoms with Crippen LogP contribution in [0, 0.1) is 41.5 Å². The molecule has 0 aliphatic carbocycles. The van der Waals surface area contributed by atoms with Gasteiger partial charge in [-0.2, -0.15) is 0 Å². The second kappa shape index (κ2) is 4.81. The summed E-state index contributed by atoms with van der Waals surface area (Å²) in [5.41, 5.74) is 0. The van der Waals surface area contributed by atoms with Crippen LogP contribution in [0.1, 0.15) is 13.8 Å². The van der Waals surface area contributed by atoms with Gasteiger partial charge in [0.05, 0.1) is 5.92 Å². The van der Waals surface area contributed by atoms with Crippen molar-refractivity contribution in [3.8, 4) is 0 Å². The van der Waals surface area contributed by atoms with Crippen LogP contribution in [0.2, 0.25) is 0 Å². The Balaban J connectivity index is 0. The van der Waals surface area contributed by atoms with Crippen molar-refractivity contribution in [2.45, 2.75) is 13.8 Å². The van der Waals surface area contributed by atoms with Gasteiger partial charge in [-0.1, -0.05) is 13.8 Å². The van der Waals surface area contributed by atoms with Gasteiger partial charge in [0.2, 0.25) is 0 Å². The maximum atomic E-state index is 9.70. The van der Waals surface area contributed by atoms with Gasteiger partial charge < -0.3 is 5.11 Å². The Bertz CT molecular complexity index is 60.7. The maximum Gasteiger partial charge on any atom is 0.305 e.